The summed E-state index contributed by atoms with van der Waals surface area (Å²) >= 11 is 0. The SMILES string of the molecule is C=C1C(C)C2C3C(CCC2(C)C12OC(O)CC2C)C1(C)CCC(O)CC1(O)C1CC31C. The quantitative estimate of drug-likeness (QED) is 0.502. The summed E-state index contributed by atoms with van der Waals surface area (Å²) in [6.07, 6.45) is 5.16. The lowest BCUT2D eigenvalue weighted by atomic mass is 9.40. The van der Waals surface area contributed by atoms with E-state index >= 15 is 0 Å². The van der Waals surface area contributed by atoms with E-state index < -0.39 is 17.5 Å². The van der Waals surface area contributed by atoms with Gasteiger partial charge in [0, 0.05) is 18.3 Å². The van der Waals surface area contributed by atoms with E-state index in [0.717, 1.165) is 32.1 Å². The zero-order valence-electron chi connectivity index (χ0n) is 20.0. The molecule has 174 valence electrons. The summed E-state index contributed by atoms with van der Waals surface area (Å²) in [5.41, 5.74) is 0.00559. The van der Waals surface area contributed by atoms with Crippen molar-refractivity contribution in [3.8, 4) is 0 Å². The Bertz CT molecular complexity index is 841. The molecule has 0 amide bonds. The molecule has 6 aliphatic rings. The summed E-state index contributed by atoms with van der Waals surface area (Å²) in [5, 5.41) is 33.1. The first kappa shape index (κ1) is 21.1. The monoisotopic (exact) mass is 430 g/mol. The summed E-state index contributed by atoms with van der Waals surface area (Å²) in [5.74, 6) is 2.39. The normalized spacial score (nSPS) is 67.0. The van der Waals surface area contributed by atoms with E-state index in [4.69, 9.17) is 4.74 Å². The molecular weight excluding hydrogens is 388 g/mol. The van der Waals surface area contributed by atoms with Crippen LogP contribution in [0.25, 0.3) is 0 Å². The fourth-order valence-corrected chi connectivity index (χ4v) is 11.1. The summed E-state index contributed by atoms with van der Waals surface area (Å²) in [7, 11) is 0. The largest absolute Gasteiger partial charge is 0.393 e. The topological polar surface area (TPSA) is 69.9 Å². The van der Waals surface area contributed by atoms with Gasteiger partial charge in [-0.15, -0.1) is 0 Å². The smallest absolute Gasteiger partial charge is 0.156 e. The van der Waals surface area contributed by atoms with Crippen LogP contribution < -0.4 is 0 Å². The second kappa shape index (κ2) is 5.79. The fraction of sp³-hybridized carbons (Fsp3) is 0.926. The molecule has 6 rings (SSSR count). The zero-order valence-corrected chi connectivity index (χ0v) is 20.0. The third-order valence-corrected chi connectivity index (χ3v) is 12.5. The Kier molecular flexibility index (Phi) is 3.95. The number of aliphatic hydroxyl groups is 3. The molecule has 4 heteroatoms. The van der Waals surface area contributed by atoms with E-state index in [-0.39, 0.29) is 34.2 Å². The van der Waals surface area contributed by atoms with Crippen LogP contribution in [0.3, 0.4) is 0 Å². The van der Waals surface area contributed by atoms with Crippen molar-refractivity contribution in [1.29, 1.82) is 0 Å². The maximum atomic E-state index is 12.1. The molecule has 5 aliphatic carbocycles. The molecule has 1 heterocycles. The minimum Gasteiger partial charge on any atom is -0.393 e. The summed E-state index contributed by atoms with van der Waals surface area (Å²) in [6, 6.07) is 0. The Hall–Kier alpha value is -0.420. The summed E-state index contributed by atoms with van der Waals surface area (Å²) in [6.45, 7) is 16.4. The molecule has 31 heavy (non-hydrogen) atoms. The number of ether oxygens (including phenoxy) is 1. The molecule has 1 aliphatic heterocycles. The van der Waals surface area contributed by atoms with Gasteiger partial charge in [-0.25, -0.2) is 0 Å². The molecule has 0 aromatic carbocycles. The molecule has 4 nitrogen and oxygen atoms in total. The molecule has 1 spiro atoms. The van der Waals surface area contributed by atoms with E-state index in [9.17, 15) is 15.3 Å². The van der Waals surface area contributed by atoms with Crippen molar-refractivity contribution in [2.24, 2.45) is 51.8 Å². The van der Waals surface area contributed by atoms with Crippen LogP contribution in [0, 0.1) is 51.8 Å². The molecular formula is C27H42O4. The van der Waals surface area contributed by atoms with E-state index in [1.807, 2.05) is 0 Å². The molecule has 1 saturated heterocycles. The first-order chi connectivity index (χ1) is 14.4. The van der Waals surface area contributed by atoms with Crippen molar-refractivity contribution >= 4 is 0 Å². The lowest BCUT2D eigenvalue weighted by Crippen LogP contribution is -2.67. The average Bonchev–Trinajstić information content (AvgIpc) is 3.26. The molecule has 0 bridgehead atoms. The van der Waals surface area contributed by atoms with Crippen LogP contribution in [-0.4, -0.2) is 38.9 Å². The maximum absolute atomic E-state index is 12.1. The lowest BCUT2D eigenvalue weighted by Gasteiger charge is -2.66. The zero-order chi connectivity index (χ0) is 22.4. The number of hydrogen-bond acceptors (Lipinski definition) is 4. The molecule has 3 N–H and O–H groups in total. The number of hydrogen-bond donors (Lipinski definition) is 3. The van der Waals surface area contributed by atoms with Gasteiger partial charge in [0.15, 0.2) is 6.29 Å². The number of rotatable bonds is 0. The maximum Gasteiger partial charge on any atom is 0.156 e. The molecule has 13 atom stereocenters. The average molecular weight is 431 g/mol. The second-order valence-electron chi connectivity index (χ2n) is 13.4. The van der Waals surface area contributed by atoms with Crippen LogP contribution in [0.15, 0.2) is 12.2 Å². The first-order valence-corrected chi connectivity index (χ1v) is 12.8. The van der Waals surface area contributed by atoms with E-state index in [2.05, 4.69) is 41.2 Å². The van der Waals surface area contributed by atoms with Crippen LogP contribution in [0.1, 0.15) is 79.6 Å². The van der Waals surface area contributed by atoms with Crippen molar-refractivity contribution in [2.75, 3.05) is 0 Å². The van der Waals surface area contributed by atoms with Crippen LogP contribution in [0.4, 0.5) is 0 Å². The highest BCUT2D eigenvalue weighted by Gasteiger charge is 2.82. The Balaban J connectivity index is 1.48. The van der Waals surface area contributed by atoms with Gasteiger partial charge >= 0.3 is 0 Å². The summed E-state index contributed by atoms with van der Waals surface area (Å²) in [4.78, 5) is 0. The van der Waals surface area contributed by atoms with Crippen molar-refractivity contribution in [3.05, 3.63) is 12.2 Å². The molecule has 13 unspecified atom stereocenters. The molecule has 0 aromatic rings. The molecule has 6 fully saturated rings. The second-order valence-corrected chi connectivity index (χ2v) is 13.4. The number of fused-ring (bicyclic) bond motifs is 9. The van der Waals surface area contributed by atoms with Crippen LogP contribution in [0.5, 0.6) is 0 Å². The third kappa shape index (κ3) is 2.06. The number of aliphatic hydroxyl groups excluding tert-OH is 2. The van der Waals surface area contributed by atoms with Gasteiger partial charge in [0.1, 0.15) is 5.60 Å². The fourth-order valence-electron chi connectivity index (χ4n) is 11.1. The third-order valence-electron chi connectivity index (χ3n) is 12.5. The van der Waals surface area contributed by atoms with Gasteiger partial charge in [-0.3, -0.25) is 0 Å². The molecule has 0 radical (unpaired) electrons. The summed E-state index contributed by atoms with van der Waals surface area (Å²) < 4.78 is 6.48. The highest BCUT2D eigenvalue weighted by molar-refractivity contribution is 5.38. The van der Waals surface area contributed by atoms with E-state index in [0.29, 0.717) is 36.5 Å². The van der Waals surface area contributed by atoms with Gasteiger partial charge in [0.2, 0.25) is 0 Å². The van der Waals surface area contributed by atoms with Gasteiger partial charge in [-0.2, -0.15) is 0 Å². The van der Waals surface area contributed by atoms with Gasteiger partial charge in [0.25, 0.3) is 0 Å². The lowest BCUT2D eigenvalue weighted by molar-refractivity contribution is -0.253. The molecule has 0 aromatic heterocycles. The Morgan fingerprint density at radius 1 is 0.968 bits per heavy atom. The van der Waals surface area contributed by atoms with E-state index in [1.165, 1.54) is 5.57 Å². The highest BCUT2D eigenvalue weighted by Crippen LogP contribution is 2.83. The van der Waals surface area contributed by atoms with Crippen LogP contribution in [-0.2, 0) is 4.74 Å². The minimum atomic E-state index is -0.738. The highest BCUT2D eigenvalue weighted by atomic mass is 16.6. The molecule has 5 saturated carbocycles. The predicted octanol–water partition coefficient (Wildman–Crippen LogP) is 4.28. The Labute approximate surface area is 187 Å². The van der Waals surface area contributed by atoms with Gasteiger partial charge in [-0.1, -0.05) is 41.2 Å². The standard InChI is InChI=1S/C27H42O4/c1-14-11-20(29)31-27(14)16(3)15(2)21-22-18(8-10-25(21,27)6)24(5)9-7-17(28)12-26(24,30)19-13-23(19,22)4/h14-15,17-22,28-30H,3,7-13H2,1-2,4-6H3. The van der Waals surface area contributed by atoms with Gasteiger partial charge in [0.05, 0.1) is 11.7 Å². The Morgan fingerprint density at radius 2 is 1.65 bits per heavy atom. The van der Waals surface area contributed by atoms with Crippen molar-refractivity contribution < 1.29 is 20.1 Å². The first-order valence-electron chi connectivity index (χ1n) is 12.8. The van der Waals surface area contributed by atoms with Crippen molar-refractivity contribution in [1.82, 2.24) is 0 Å². The van der Waals surface area contributed by atoms with E-state index in [1.54, 1.807) is 0 Å². The van der Waals surface area contributed by atoms with Gasteiger partial charge < -0.3 is 20.1 Å². The van der Waals surface area contributed by atoms with Crippen LogP contribution in [0.2, 0.25) is 0 Å². The predicted molar refractivity (Wildman–Crippen MR) is 119 cm³/mol. The van der Waals surface area contributed by atoms with Crippen molar-refractivity contribution in [2.45, 2.75) is 103 Å². The van der Waals surface area contributed by atoms with Crippen LogP contribution >= 0.6 is 0 Å². The minimum absolute atomic E-state index is 0.0300. The van der Waals surface area contributed by atoms with Gasteiger partial charge in [-0.05, 0) is 84.0 Å². The van der Waals surface area contributed by atoms with Crippen molar-refractivity contribution in [3.63, 3.8) is 0 Å². The Morgan fingerprint density at radius 3 is 2.29 bits per heavy atom.